The molecule has 0 aromatic carbocycles. The summed E-state index contributed by atoms with van der Waals surface area (Å²) in [5, 5.41) is 0. The van der Waals surface area contributed by atoms with E-state index in [1.54, 1.807) is 9.97 Å². The Morgan fingerprint density at radius 3 is 0.697 bits per heavy atom. The van der Waals surface area contributed by atoms with Gasteiger partial charge in [-0.15, -0.1) is 0 Å². The Labute approximate surface area is 166 Å². The first-order chi connectivity index (χ1) is 14.1. The zero-order valence-corrected chi connectivity index (χ0v) is 14.2. The first kappa shape index (κ1) is 28.6. The second-order valence-corrected chi connectivity index (χ2v) is 5.83. The largest absolute Gasteiger partial charge is 0.419 e. The molecule has 33 heavy (non-hydrogen) atoms. The highest BCUT2D eigenvalue weighted by atomic mass is 19.4. The highest BCUT2D eigenvalue weighted by Gasteiger charge is 2.89. The molecule has 2 N–H and O–H groups in total. The molecule has 0 amide bonds. The average Bonchev–Trinajstić information content (AvgIpc) is 2.36. The molecule has 0 atom stereocenters. The van der Waals surface area contributed by atoms with E-state index >= 15 is 0 Å². The van der Waals surface area contributed by atoms with Crippen molar-refractivity contribution in [3.8, 4) is 0 Å². The highest BCUT2D eigenvalue weighted by Crippen LogP contribution is 2.62. The molecule has 192 valence electrons. The number of nitrogens with two attached hydrogens (primary N) is 1. The second-order valence-electron chi connectivity index (χ2n) is 5.83. The molecule has 0 spiro atoms. The number of hydrogen-bond acceptors (Lipinski definition) is 4. The van der Waals surface area contributed by atoms with Gasteiger partial charge in [0.05, 0.1) is 0 Å². The van der Waals surface area contributed by atoms with Crippen LogP contribution < -0.4 is 5.73 Å². The number of hydrogen-bond donors (Lipinski definition) is 1. The van der Waals surface area contributed by atoms with Crippen molar-refractivity contribution in [2.45, 2.75) is 47.9 Å². The smallest absolute Gasteiger partial charge is 0.368 e. The Morgan fingerprint density at radius 2 is 0.545 bits per heavy atom. The van der Waals surface area contributed by atoms with Gasteiger partial charge in [-0.2, -0.15) is 89.0 Å². The fourth-order valence-electron chi connectivity index (χ4n) is 2.45. The fourth-order valence-corrected chi connectivity index (χ4v) is 2.45. The highest BCUT2D eigenvalue weighted by molar-refractivity contribution is 5.31. The summed E-state index contributed by atoms with van der Waals surface area (Å²) in [5.74, 6) is -10.8. The van der Waals surface area contributed by atoms with Gasteiger partial charge in [-0.05, 0) is 0 Å². The predicted molar refractivity (Wildman–Crippen MR) is 63.9 cm³/mol. The van der Waals surface area contributed by atoms with Crippen LogP contribution in [0.1, 0.15) is 11.6 Å². The maximum Gasteiger partial charge on any atom is 0.419 e. The Hall–Kier alpha value is -2.45. The number of alkyl halides is 18. The SMILES string of the molecule is Nc1nc(C(C(F)(F)F)(C(F)(F)F)C(F)(F)F)nc(C(C(F)(F)F)(C(F)(F)F)C(F)(F)F)n1. The number of anilines is 1. The van der Waals surface area contributed by atoms with Gasteiger partial charge in [-0.3, -0.25) is 0 Å². The molecule has 0 fully saturated rings. The summed E-state index contributed by atoms with van der Waals surface area (Å²) in [5.41, 5.74) is -10.6. The minimum Gasteiger partial charge on any atom is -0.368 e. The molecule has 22 heteroatoms. The van der Waals surface area contributed by atoms with Gasteiger partial charge in [0.25, 0.3) is 0 Å². The zero-order valence-electron chi connectivity index (χ0n) is 14.2. The molecular formula is C11H2F18N4. The number of halogens is 18. The molecule has 0 aliphatic heterocycles. The molecule has 0 saturated carbocycles. The van der Waals surface area contributed by atoms with Crippen molar-refractivity contribution >= 4 is 5.95 Å². The molecule has 1 rings (SSSR count). The maximum absolute atomic E-state index is 13.1. The Morgan fingerprint density at radius 1 is 0.364 bits per heavy atom. The lowest BCUT2D eigenvalue weighted by Gasteiger charge is -2.39. The van der Waals surface area contributed by atoms with Gasteiger partial charge in [-0.25, -0.2) is 4.98 Å². The van der Waals surface area contributed by atoms with Gasteiger partial charge in [0.2, 0.25) is 5.95 Å². The van der Waals surface area contributed by atoms with E-state index in [4.69, 9.17) is 0 Å². The van der Waals surface area contributed by atoms with Crippen LogP contribution in [0.15, 0.2) is 0 Å². The fraction of sp³-hybridized carbons (Fsp3) is 0.727. The third-order valence-corrected chi connectivity index (χ3v) is 3.87. The van der Waals surface area contributed by atoms with Crippen LogP contribution in [0.4, 0.5) is 85.0 Å². The molecule has 1 aromatic heterocycles. The van der Waals surface area contributed by atoms with Crippen LogP contribution in [0.25, 0.3) is 0 Å². The monoisotopic (exact) mass is 532 g/mol. The number of rotatable bonds is 2. The summed E-state index contributed by atoms with van der Waals surface area (Å²) in [6, 6.07) is 0. The lowest BCUT2D eigenvalue weighted by molar-refractivity contribution is -0.391. The van der Waals surface area contributed by atoms with Crippen LogP contribution in [0.2, 0.25) is 0 Å². The van der Waals surface area contributed by atoms with Crippen molar-refractivity contribution in [1.82, 2.24) is 15.0 Å². The summed E-state index contributed by atoms with van der Waals surface area (Å²) < 4.78 is 235. The molecule has 0 radical (unpaired) electrons. The quantitative estimate of drug-likeness (QED) is 0.526. The van der Waals surface area contributed by atoms with Crippen molar-refractivity contribution in [3.63, 3.8) is 0 Å². The average molecular weight is 532 g/mol. The van der Waals surface area contributed by atoms with Crippen LogP contribution in [0, 0.1) is 0 Å². The standard InChI is InChI=1S/C11H2F18N4/c12-6(13,14)4(7(15,16)17,8(18,19)20)1-31-2(33-3(30)32-1)5(9(21,22)23,10(24,25)26)11(27,28)29/h(H2,30,31,32,33). The van der Waals surface area contributed by atoms with Crippen LogP contribution >= 0.6 is 0 Å². The molecule has 0 aliphatic rings. The van der Waals surface area contributed by atoms with E-state index in [-0.39, 0.29) is 0 Å². The predicted octanol–water partition coefficient (Wildman–Crippen LogP) is 5.30. The van der Waals surface area contributed by atoms with Crippen molar-refractivity contribution in [2.75, 3.05) is 5.73 Å². The zero-order chi connectivity index (χ0) is 26.9. The molecular weight excluding hydrogens is 530 g/mol. The summed E-state index contributed by atoms with van der Waals surface area (Å²) in [4.78, 5) is 4.47. The van der Waals surface area contributed by atoms with Gasteiger partial charge in [0, 0.05) is 0 Å². The minimum atomic E-state index is -7.72. The molecule has 0 aliphatic carbocycles. The Balaban J connectivity index is 4.45. The van der Waals surface area contributed by atoms with E-state index in [1.807, 2.05) is 0 Å². The van der Waals surface area contributed by atoms with Gasteiger partial charge in [0.1, 0.15) is 0 Å². The van der Waals surface area contributed by atoms with E-state index < -0.39 is 65.5 Å². The van der Waals surface area contributed by atoms with Gasteiger partial charge < -0.3 is 5.73 Å². The maximum atomic E-state index is 13.1. The van der Waals surface area contributed by atoms with E-state index in [0.29, 0.717) is 0 Å². The van der Waals surface area contributed by atoms with Gasteiger partial charge in [-0.1, -0.05) is 0 Å². The van der Waals surface area contributed by atoms with Crippen molar-refractivity contribution in [2.24, 2.45) is 0 Å². The minimum absolute atomic E-state index is 1.16. The summed E-state index contributed by atoms with van der Waals surface area (Å²) >= 11 is 0. The third kappa shape index (κ3) is 3.93. The van der Waals surface area contributed by atoms with E-state index in [1.165, 1.54) is 0 Å². The molecule has 0 bridgehead atoms. The summed E-state index contributed by atoms with van der Waals surface area (Å²) in [6.07, 6.45) is -46.3. The normalized spacial score (nSPS) is 15.7. The third-order valence-electron chi connectivity index (χ3n) is 3.87. The van der Waals surface area contributed by atoms with Crippen molar-refractivity contribution in [1.29, 1.82) is 0 Å². The Kier molecular flexibility index (Phi) is 6.30. The molecule has 0 unspecified atom stereocenters. The van der Waals surface area contributed by atoms with Crippen LogP contribution in [0.5, 0.6) is 0 Å². The lowest BCUT2D eigenvalue weighted by atomic mass is 9.82. The van der Waals surface area contributed by atoms with Crippen LogP contribution in [-0.4, -0.2) is 52.0 Å². The lowest BCUT2D eigenvalue weighted by Crippen LogP contribution is -2.66. The van der Waals surface area contributed by atoms with Crippen LogP contribution in [0.3, 0.4) is 0 Å². The second kappa shape index (κ2) is 7.27. The van der Waals surface area contributed by atoms with Crippen molar-refractivity contribution < 1.29 is 79.0 Å². The van der Waals surface area contributed by atoms with Crippen molar-refractivity contribution in [3.05, 3.63) is 11.6 Å². The number of aromatic nitrogens is 3. The summed E-state index contributed by atoms with van der Waals surface area (Å²) in [6.45, 7) is 0. The molecule has 0 saturated heterocycles. The molecule has 1 heterocycles. The number of nitrogen functional groups attached to an aromatic ring is 1. The van der Waals surface area contributed by atoms with E-state index in [0.717, 1.165) is 4.98 Å². The molecule has 4 nitrogen and oxygen atoms in total. The van der Waals surface area contributed by atoms with Crippen LogP contribution in [-0.2, 0) is 10.8 Å². The van der Waals surface area contributed by atoms with E-state index in [9.17, 15) is 79.0 Å². The first-order valence-corrected chi connectivity index (χ1v) is 7.03. The van der Waals surface area contributed by atoms with E-state index in [2.05, 4.69) is 5.73 Å². The summed E-state index contributed by atoms with van der Waals surface area (Å²) in [7, 11) is 0. The first-order valence-electron chi connectivity index (χ1n) is 7.03. The van der Waals surface area contributed by atoms with Gasteiger partial charge in [0.15, 0.2) is 11.6 Å². The topological polar surface area (TPSA) is 64.7 Å². The molecule has 1 aromatic rings. The number of nitrogens with zero attached hydrogens (tertiary/aromatic N) is 3. The van der Waals surface area contributed by atoms with Gasteiger partial charge >= 0.3 is 47.9 Å². The Bertz CT molecular complexity index is 726.